The third-order valence-corrected chi connectivity index (χ3v) is 7.18. The van der Waals surface area contributed by atoms with E-state index in [2.05, 4.69) is 5.32 Å². The van der Waals surface area contributed by atoms with Crippen molar-refractivity contribution in [3.05, 3.63) is 63.6 Å². The molecule has 0 bridgehead atoms. The molecule has 0 saturated carbocycles. The lowest BCUT2D eigenvalue weighted by molar-refractivity contribution is -0.140. The normalized spacial score (nSPS) is 12.2. The van der Waals surface area contributed by atoms with Gasteiger partial charge in [-0.05, 0) is 36.6 Å². The Morgan fingerprint density at radius 1 is 1.03 bits per heavy atom. The van der Waals surface area contributed by atoms with Crippen LogP contribution in [0, 0.1) is 0 Å². The lowest BCUT2D eigenvalue weighted by Gasteiger charge is -2.33. The van der Waals surface area contributed by atoms with Gasteiger partial charge in [0.1, 0.15) is 12.6 Å². The van der Waals surface area contributed by atoms with Gasteiger partial charge in [0, 0.05) is 29.2 Å². The molecule has 2 amide bonds. The van der Waals surface area contributed by atoms with Crippen LogP contribution in [0.4, 0.5) is 5.69 Å². The van der Waals surface area contributed by atoms with Crippen LogP contribution in [0.15, 0.2) is 42.5 Å². The third kappa shape index (κ3) is 6.62. The summed E-state index contributed by atoms with van der Waals surface area (Å²) < 4.78 is 26.5. The molecule has 0 aromatic heterocycles. The van der Waals surface area contributed by atoms with Crippen molar-refractivity contribution in [1.29, 1.82) is 0 Å². The molecule has 0 radical (unpaired) electrons. The van der Waals surface area contributed by atoms with E-state index in [1.54, 1.807) is 37.3 Å². The molecule has 0 saturated heterocycles. The Morgan fingerprint density at radius 2 is 1.64 bits per heavy atom. The first kappa shape index (κ1) is 27.0. The predicted molar refractivity (Wildman–Crippen MR) is 133 cm³/mol. The molecule has 1 N–H and O–H groups in total. The van der Waals surface area contributed by atoms with Gasteiger partial charge in [-0.3, -0.25) is 13.9 Å². The van der Waals surface area contributed by atoms with Gasteiger partial charge >= 0.3 is 0 Å². The Bertz CT molecular complexity index is 1090. The maximum atomic E-state index is 13.6. The van der Waals surface area contributed by atoms with Crippen LogP contribution < -0.4 is 9.62 Å². The summed E-state index contributed by atoms with van der Waals surface area (Å²) in [6.07, 6.45) is 1.96. The molecule has 2 aromatic carbocycles. The number of amides is 2. The zero-order valence-corrected chi connectivity index (χ0v) is 21.5. The molecule has 10 heteroatoms. The van der Waals surface area contributed by atoms with E-state index < -0.39 is 28.5 Å². The minimum Gasteiger partial charge on any atom is -0.357 e. The monoisotopic (exact) mass is 513 g/mol. The van der Waals surface area contributed by atoms with E-state index in [-0.39, 0.29) is 12.5 Å². The number of aryl methyl sites for hydroxylation is 1. The van der Waals surface area contributed by atoms with Crippen molar-refractivity contribution in [2.45, 2.75) is 39.3 Å². The highest BCUT2D eigenvalue weighted by Gasteiger charge is 2.32. The summed E-state index contributed by atoms with van der Waals surface area (Å²) in [7, 11) is -2.31. The molecule has 0 fully saturated rings. The van der Waals surface area contributed by atoms with Crippen molar-refractivity contribution in [1.82, 2.24) is 10.2 Å². The molecule has 0 unspecified atom stereocenters. The van der Waals surface area contributed by atoms with Crippen molar-refractivity contribution < 1.29 is 18.0 Å². The zero-order chi connectivity index (χ0) is 24.8. The lowest BCUT2D eigenvalue weighted by atomic mass is 10.1. The fraction of sp³-hybridized carbons (Fsp3) is 0.391. The Balaban J connectivity index is 2.52. The number of nitrogens with zero attached hydrogens (tertiary/aromatic N) is 2. The van der Waals surface area contributed by atoms with E-state index in [4.69, 9.17) is 23.2 Å². The van der Waals surface area contributed by atoms with Crippen molar-refractivity contribution in [3.8, 4) is 0 Å². The Morgan fingerprint density at radius 3 is 2.15 bits per heavy atom. The number of nitrogens with one attached hydrogen (secondary N) is 1. The molecule has 0 aliphatic heterocycles. The van der Waals surface area contributed by atoms with Crippen molar-refractivity contribution in [2.24, 2.45) is 0 Å². The molecule has 0 spiro atoms. The first-order valence-corrected chi connectivity index (χ1v) is 13.1. The van der Waals surface area contributed by atoms with Crippen LogP contribution in [-0.2, 0) is 32.6 Å². The second-order valence-corrected chi connectivity index (χ2v) is 10.2. The van der Waals surface area contributed by atoms with Gasteiger partial charge in [-0.15, -0.1) is 0 Å². The van der Waals surface area contributed by atoms with Gasteiger partial charge in [-0.1, -0.05) is 61.3 Å². The average Bonchev–Trinajstić information content (AvgIpc) is 2.77. The van der Waals surface area contributed by atoms with Gasteiger partial charge in [0.05, 0.1) is 11.9 Å². The Labute approximate surface area is 205 Å². The molecule has 0 heterocycles. The van der Waals surface area contributed by atoms with Gasteiger partial charge in [0.25, 0.3) is 0 Å². The highest BCUT2D eigenvalue weighted by molar-refractivity contribution is 7.92. The fourth-order valence-corrected chi connectivity index (χ4v) is 4.99. The number of halogens is 2. The second kappa shape index (κ2) is 11.7. The number of hydrogen-bond donors (Lipinski definition) is 1. The first-order chi connectivity index (χ1) is 15.5. The average molecular weight is 514 g/mol. The molecule has 0 aliphatic carbocycles. The van der Waals surface area contributed by atoms with E-state index in [9.17, 15) is 18.0 Å². The van der Waals surface area contributed by atoms with E-state index >= 15 is 0 Å². The van der Waals surface area contributed by atoms with Gasteiger partial charge in [0.2, 0.25) is 21.8 Å². The molecule has 2 aromatic rings. The summed E-state index contributed by atoms with van der Waals surface area (Å²) >= 11 is 12.6. The molecular formula is C23H29Cl2N3O4S. The molecular weight excluding hydrogens is 485 g/mol. The number of sulfonamides is 1. The van der Waals surface area contributed by atoms with Gasteiger partial charge < -0.3 is 10.2 Å². The molecule has 180 valence electrons. The quantitative estimate of drug-likeness (QED) is 0.522. The number of carbonyl (C=O) groups is 2. The maximum Gasteiger partial charge on any atom is 0.244 e. The zero-order valence-electron chi connectivity index (χ0n) is 19.1. The standard InChI is InChI=1S/C23H29Cl2N3O4S/c1-5-16-10-7-8-13-21(16)28(33(4,31)32)15-22(29)27(20(6-2)23(30)26-3)14-17-18(24)11-9-12-19(17)25/h7-13,20H,5-6,14-15H2,1-4H3,(H,26,30)/t20-/m0/s1. The molecule has 7 nitrogen and oxygen atoms in total. The van der Waals surface area contributed by atoms with Crippen LogP contribution in [0.1, 0.15) is 31.4 Å². The smallest absolute Gasteiger partial charge is 0.244 e. The highest BCUT2D eigenvalue weighted by Crippen LogP contribution is 2.28. The lowest BCUT2D eigenvalue weighted by Crippen LogP contribution is -2.51. The maximum absolute atomic E-state index is 13.6. The number of rotatable bonds is 10. The van der Waals surface area contributed by atoms with Crippen molar-refractivity contribution >= 4 is 50.7 Å². The summed E-state index contributed by atoms with van der Waals surface area (Å²) in [5.74, 6) is -0.911. The number of hydrogen-bond acceptors (Lipinski definition) is 4. The van der Waals surface area contributed by atoms with Crippen molar-refractivity contribution in [3.63, 3.8) is 0 Å². The third-order valence-electron chi connectivity index (χ3n) is 5.34. The minimum atomic E-state index is -3.79. The van der Waals surface area contributed by atoms with E-state index in [0.29, 0.717) is 34.1 Å². The molecule has 33 heavy (non-hydrogen) atoms. The largest absolute Gasteiger partial charge is 0.357 e. The molecule has 1 atom stereocenters. The topological polar surface area (TPSA) is 86.8 Å². The van der Waals surface area contributed by atoms with E-state index in [1.165, 1.54) is 11.9 Å². The van der Waals surface area contributed by atoms with Crippen LogP contribution >= 0.6 is 23.2 Å². The summed E-state index contributed by atoms with van der Waals surface area (Å²) in [6, 6.07) is 11.2. The number of carbonyl (C=O) groups excluding carboxylic acids is 2. The highest BCUT2D eigenvalue weighted by atomic mass is 35.5. The second-order valence-electron chi connectivity index (χ2n) is 7.51. The number of benzene rings is 2. The van der Waals surface area contributed by atoms with Gasteiger partial charge in [-0.25, -0.2) is 8.42 Å². The van der Waals surface area contributed by atoms with Crippen LogP contribution in [0.2, 0.25) is 10.0 Å². The summed E-state index contributed by atoms with van der Waals surface area (Å²) in [6.45, 7) is 3.17. The minimum absolute atomic E-state index is 0.0453. The predicted octanol–water partition coefficient (Wildman–Crippen LogP) is 3.88. The number of likely N-dealkylation sites (N-methyl/N-ethyl adjacent to an activating group) is 1. The fourth-order valence-electron chi connectivity index (χ4n) is 3.59. The number of para-hydroxylation sites is 1. The van der Waals surface area contributed by atoms with Gasteiger partial charge in [0.15, 0.2) is 0 Å². The van der Waals surface area contributed by atoms with E-state index in [1.807, 2.05) is 19.1 Å². The molecule has 2 rings (SSSR count). The van der Waals surface area contributed by atoms with Crippen LogP contribution in [-0.4, -0.2) is 51.0 Å². The first-order valence-electron chi connectivity index (χ1n) is 10.5. The summed E-state index contributed by atoms with van der Waals surface area (Å²) in [5.41, 5.74) is 1.70. The summed E-state index contributed by atoms with van der Waals surface area (Å²) in [5, 5.41) is 3.27. The Hall–Kier alpha value is -2.29. The Kier molecular flexibility index (Phi) is 9.57. The number of anilines is 1. The SMILES string of the molecule is CCc1ccccc1N(CC(=O)N(Cc1c(Cl)cccc1Cl)[C@@H](CC)C(=O)NC)S(C)(=O)=O. The van der Waals surface area contributed by atoms with Crippen LogP contribution in [0.3, 0.4) is 0 Å². The van der Waals surface area contributed by atoms with Crippen LogP contribution in [0.5, 0.6) is 0 Å². The van der Waals surface area contributed by atoms with E-state index in [0.717, 1.165) is 16.1 Å². The molecule has 0 aliphatic rings. The van der Waals surface area contributed by atoms with Crippen molar-refractivity contribution in [2.75, 3.05) is 24.2 Å². The van der Waals surface area contributed by atoms with Gasteiger partial charge in [-0.2, -0.15) is 0 Å². The van der Waals surface area contributed by atoms with Crippen LogP contribution in [0.25, 0.3) is 0 Å². The summed E-state index contributed by atoms with van der Waals surface area (Å²) in [4.78, 5) is 27.5.